The second-order valence-corrected chi connectivity index (χ2v) is 4.86. The van der Waals surface area contributed by atoms with Crippen molar-refractivity contribution in [1.29, 1.82) is 0 Å². The Hall–Kier alpha value is -1.94. The number of hydrogen-bond acceptors (Lipinski definition) is 3. The number of rotatable bonds is 5. The maximum absolute atomic E-state index is 13.4. The molecule has 1 aromatic rings. The van der Waals surface area contributed by atoms with Gasteiger partial charge in [0.25, 0.3) is 0 Å². The standard InChI is InChI=1S/C16H19FN2O/c1-4-15(19-9-10(2)12-8-14(12)18)11-5-6-13(17)16(7-11)20-3/h4-7,9,12,14H,2,8,18H2,1,3H3/b15-4-,19-9?/t12-,14+/m1/s1. The van der Waals surface area contributed by atoms with E-state index in [1.807, 2.05) is 13.0 Å². The van der Waals surface area contributed by atoms with E-state index in [4.69, 9.17) is 10.5 Å². The Kier molecular flexibility index (Phi) is 4.35. The molecule has 4 heteroatoms. The highest BCUT2D eigenvalue weighted by atomic mass is 19.1. The van der Waals surface area contributed by atoms with Gasteiger partial charge in [-0.15, -0.1) is 0 Å². The predicted octanol–water partition coefficient (Wildman–Crippen LogP) is 3.17. The van der Waals surface area contributed by atoms with Crippen LogP contribution in [0, 0.1) is 11.7 Å². The number of allylic oxidation sites excluding steroid dienone is 1. The third-order valence-electron chi connectivity index (χ3n) is 3.41. The minimum atomic E-state index is -0.385. The van der Waals surface area contributed by atoms with E-state index in [1.54, 1.807) is 18.3 Å². The zero-order valence-corrected chi connectivity index (χ0v) is 11.8. The Morgan fingerprint density at radius 3 is 2.80 bits per heavy atom. The van der Waals surface area contributed by atoms with Gasteiger partial charge >= 0.3 is 0 Å². The van der Waals surface area contributed by atoms with E-state index in [2.05, 4.69) is 11.6 Å². The normalized spacial score (nSPS) is 22.1. The molecule has 0 heterocycles. The lowest BCUT2D eigenvalue weighted by Gasteiger charge is -2.06. The van der Waals surface area contributed by atoms with Crippen LogP contribution in [0.15, 0.2) is 41.4 Å². The van der Waals surface area contributed by atoms with E-state index < -0.39 is 0 Å². The lowest BCUT2D eigenvalue weighted by molar-refractivity contribution is 0.386. The lowest BCUT2D eigenvalue weighted by atomic mass is 10.1. The summed E-state index contributed by atoms with van der Waals surface area (Å²) in [6, 6.07) is 4.90. The SMILES string of the molecule is C=C(C=N/C(=C\C)c1ccc(F)c(OC)c1)[C@H]1C[C@@H]1N. The zero-order valence-electron chi connectivity index (χ0n) is 11.8. The van der Waals surface area contributed by atoms with Crippen LogP contribution in [0.3, 0.4) is 0 Å². The number of aliphatic imine (C=N–C) groups is 1. The van der Waals surface area contributed by atoms with Crippen molar-refractivity contribution in [2.24, 2.45) is 16.6 Å². The molecule has 0 spiro atoms. The smallest absolute Gasteiger partial charge is 0.165 e. The summed E-state index contributed by atoms with van der Waals surface area (Å²) >= 11 is 0. The Labute approximate surface area is 118 Å². The number of nitrogens with two attached hydrogens (primary N) is 1. The summed E-state index contributed by atoms with van der Waals surface area (Å²) in [4.78, 5) is 4.42. The molecule has 0 aliphatic heterocycles. The highest BCUT2D eigenvalue weighted by Gasteiger charge is 2.34. The number of methoxy groups -OCH3 is 1. The second kappa shape index (κ2) is 6.01. The summed E-state index contributed by atoms with van der Waals surface area (Å²) < 4.78 is 18.4. The monoisotopic (exact) mass is 274 g/mol. The molecule has 0 bridgehead atoms. The number of hydrogen-bond donors (Lipinski definition) is 1. The van der Waals surface area contributed by atoms with Gasteiger partial charge in [0.2, 0.25) is 0 Å². The average Bonchev–Trinajstić information content (AvgIpc) is 3.18. The molecule has 2 N–H and O–H groups in total. The van der Waals surface area contributed by atoms with Crippen LogP contribution < -0.4 is 10.5 Å². The molecule has 106 valence electrons. The molecular weight excluding hydrogens is 255 g/mol. The summed E-state index contributed by atoms with van der Waals surface area (Å²) in [5.74, 6) is 0.170. The molecule has 1 aliphatic carbocycles. The van der Waals surface area contributed by atoms with Crippen molar-refractivity contribution in [3.63, 3.8) is 0 Å². The minimum Gasteiger partial charge on any atom is -0.494 e. The van der Waals surface area contributed by atoms with E-state index in [-0.39, 0.29) is 17.6 Å². The van der Waals surface area contributed by atoms with Crippen molar-refractivity contribution >= 4 is 11.9 Å². The van der Waals surface area contributed by atoms with Crippen LogP contribution in [-0.4, -0.2) is 19.4 Å². The van der Waals surface area contributed by atoms with Crippen molar-refractivity contribution in [2.75, 3.05) is 7.11 Å². The van der Waals surface area contributed by atoms with Crippen molar-refractivity contribution < 1.29 is 9.13 Å². The molecule has 1 fully saturated rings. The molecule has 0 unspecified atom stereocenters. The van der Waals surface area contributed by atoms with Crippen LogP contribution in [0.1, 0.15) is 18.9 Å². The zero-order chi connectivity index (χ0) is 14.7. The fourth-order valence-corrected chi connectivity index (χ4v) is 2.02. The number of nitrogens with zero attached hydrogens (tertiary/aromatic N) is 1. The van der Waals surface area contributed by atoms with Crippen molar-refractivity contribution in [3.8, 4) is 5.75 Å². The molecule has 0 amide bonds. The first kappa shape index (κ1) is 14.5. The Balaban J connectivity index is 2.16. The summed E-state index contributed by atoms with van der Waals surface area (Å²) in [6.07, 6.45) is 4.58. The summed E-state index contributed by atoms with van der Waals surface area (Å²) in [5, 5.41) is 0. The van der Waals surface area contributed by atoms with Gasteiger partial charge in [0, 0.05) is 23.7 Å². The lowest BCUT2D eigenvalue weighted by Crippen LogP contribution is -2.03. The topological polar surface area (TPSA) is 47.6 Å². The maximum atomic E-state index is 13.4. The third kappa shape index (κ3) is 3.14. The van der Waals surface area contributed by atoms with Crippen LogP contribution in [0.5, 0.6) is 5.75 Å². The second-order valence-electron chi connectivity index (χ2n) is 4.86. The first-order valence-electron chi connectivity index (χ1n) is 6.55. The maximum Gasteiger partial charge on any atom is 0.165 e. The molecule has 3 nitrogen and oxygen atoms in total. The van der Waals surface area contributed by atoms with Crippen molar-refractivity contribution in [2.45, 2.75) is 19.4 Å². The van der Waals surface area contributed by atoms with Crippen LogP contribution in [-0.2, 0) is 0 Å². The molecule has 1 aromatic carbocycles. The fourth-order valence-electron chi connectivity index (χ4n) is 2.02. The number of ether oxygens (including phenoxy) is 1. The minimum absolute atomic E-state index is 0.208. The summed E-state index contributed by atoms with van der Waals surface area (Å²) in [5.41, 5.74) is 8.26. The van der Waals surface area contributed by atoms with Gasteiger partial charge in [0.1, 0.15) is 0 Å². The molecule has 20 heavy (non-hydrogen) atoms. The number of halogens is 1. The quantitative estimate of drug-likeness (QED) is 0.838. The summed E-state index contributed by atoms with van der Waals surface area (Å²) in [7, 11) is 1.44. The fraction of sp³-hybridized carbons (Fsp3) is 0.312. The van der Waals surface area contributed by atoms with E-state index >= 15 is 0 Å². The molecule has 0 aromatic heterocycles. The molecule has 2 atom stereocenters. The van der Waals surface area contributed by atoms with Crippen LogP contribution in [0.25, 0.3) is 5.70 Å². The van der Waals surface area contributed by atoms with Crippen LogP contribution in [0.4, 0.5) is 4.39 Å². The van der Waals surface area contributed by atoms with E-state index in [1.165, 1.54) is 13.2 Å². The largest absolute Gasteiger partial charge is 0.494 e. The highest BCUT2D eigenvalue weighted by Crippen LogP contribution is 2.33. The molecular formula is C16H19FN2O. The molecule has 0 saturated heterocycles. The van der Waals surface area contributed by atoms with Gasteiger partial charge in [-0.2, -0.15) is 0 Å². The molecule has 0 radical (unpaired) electrons. The van der Waals surface area contributed by atoms with Gasteiger partial charge < -0.3 is 10.5 Å². The van der Waals surface area contributed by atoms with Crippen LogP contribution >= 0.6 is 0 Å². The Bertz CT molecular complexity index is 578. The Morgan fingerprint density at radius 2 is 2.25 bits per heavy atom. The van der Waals surface area contributed by atoms with E-state index in [9.17, 15) is 4.39 Å². The molecule has 2 rings (SSSR count). The average molecular weight is 274 g/mol. The first-order valence-corrected chi connectivity index (χ1v) is 6.55. The van der Waals surface area contributed by atoms with Gasteiger partial charge in [-0.05, 0) is 37.1 Å². The van der Waals surface area contributed by atoms with Crippen molar-refractivity contribution in [1.82, 2.24) is 0 Å². The van der Waals surface area contributed by atoms with Crippen molar-refractivity contribution in [3.05, 3.63) is 47.8 Å². The van der Waals surface area contributed by atoms with Gasteiger partial charge in [-0.3, -0.25) is 4.99 Å². The molecule has 1 aliphatic rings. The van der Waals surface area contributed by atoms with E-state index in [0.717, 1.165) is 23.3 Å². The Morgan fingerprint density at radius 1 is 1.55 bits per heavy atom. The van der Waals surface area contributed by atoms with E-state index in [0.29, 0.717) is 5.92 Å². The van der Waals surface area contributed by atoms with Crippen LogP contribution in [0.2, 0.25) is 0 Å². The third-order valence-corrected chi connectivity index (χ3v) is 3.41. The molecule has 1 saturated carbocycles. The first-order chi connectivity index (χ1) is 9.56. The number of benzene rings is 1. The summed E-state index contributed by atoms with van der Waals surface area (Å²) in [6.45, 7) is 5.86. The van der Waals surface area contributed by atoms with Gasteiger partial charge in [0.05, 0.1) is 12.8 Å². The van der Waals surface area contributed by atoms with Gasteiger partial charge in [-0.25, -0.2) is 4.39 Å². The van der Waals surface area contributed by atoms with Gasteiger partial charge in [-0.1, -0.05) is 12.7 Å². The highest BCUT2D eigenvalue weighted by molar-refractivity contribution is 5.85. The predicted molar refractivity (Wildman–Crippen MR) is 80.3 cm³/mol. The van der Waals surface area contributed by atoms with Gasteiger partial charge in [0.15, 0.2) is 11.6 Å².